The highest BCUT2D eigenvalue weighted by molar-refractivity contribution is 9.10. The van der Waals surface area contributed by atoms with Crippen LogP contribution in [0.3, 0.4) is 0 Å². The maximum absolute atomic E-state index is 4.88. The number of thiophene rings is 1. The molecule has 0 saturated carbocycles. The molecule has 1 saturated heterocycles. The molecule has 1 aromatic carbocycles. The minimum atomic E-state index is 0.432. The predicted molar refractivity (Wildman–Crippen MR) is 127 cm³/mol. The average molecular weight is 482 g/mol. The first kappa shape index (κ1) is 19.7. The van der Waals surface area contributed by atoms with Crippen molar-refractivity contribution in [1.82, 2.24) is 19.5 Å². The highest BCUT2D eigenvalue weighted by Crippen LogP contribution is 2.29. The molecule has 4 aromatic rings. The number of aryl methyl sites for hydroxylation is 1. The van der Waals surface area contributed by atoms with Gasteiger partial charge in [0, 0.05) is 37.3 Å². The van der Waals surface area contributed by atoms with Crippen molar-refractivity contribution >= 4 is 38.7 Å². The molecule has 1 aliphatic heterocycles. The fourth-order valence-electron chi connectivity index (χ4n) is 4.12. The Hall–Kier alpha value is -2.22. The summed E-state index contributed by atoms with van der Waals surface area (Å²) in [7, 11) is 0. The van der Waals surface area contributed by atoms with Crippen molar-refractivity contribution in [2.75, 3.05) is 18.4 Å². The summed E-state index contributed by atoms with van der Waals surface area (Å²) in [6, 6.07) is 13.2. The van der Waals surface area contributed by atoms with E-state index >= 15 is 0 Å². The molecular formula is C23H24BrN5S. The number of halogens is 1. The normalized spacial score (nSPS) is 15.7. The second-order valence-corrected chi connectivity index (χ2v) is 9.53. The number of rotatable bonds is 5. The van der Waals surface area contributed by atoms with Crippen molar-refractivity contribution in [3.63, 3.8) is 0 Å². The lowest BCUT2D eigenvalue weighted by molar-refractivity contribution is 0.211. The molecule has 0 radical (unpaired) electrons. The first-order valence-electron chi connectivity index (χ1n) is 10.3. The zero-order valence-corrected chi connectivity index (χ0v) is 19.3. The van der Waals surface area contributed by atoms with Gasteiger partial charge in [-0.2, -0.15) is 21.0 Å². The van der Waals surface area contributed by atoms with E-state index in [0.29, 0.717) is 6.04 Å². The van der Waals surface area contributed by atoms with Crippen LogP contribution in [0.4, 0.5) is 5.82 Å². The van der Waals surface area contributed by atoms with Gasteiger partial charge in [0.15, 0.2) is 5.65 Å². The van der Waals surface area contributed by atoms with Crippen LogP contribution in [0.2, 0.25) is 0 Å². The number of anilines is 1. The van der Waals surface area contributed by atoms with E-state index in [4.69, 9.17) is 4.98 Å². The zero-order chi connectivity index (χ0) is 20.5. The van der Waals surface area contributed by atoms with Crippen LogP contribution in [0.5, 0.6) is 0 Å². The van der Waals surface area contributed by atoms with Crippen LogP contribution in [-0.2, 0) is 6.54 Å². The van der Waals surface area contributed by atoms with Gasteiger partial charge in [0.05, 0.1) is 16.4 Å². The van der Waals surface area contributed by atoms with E-state index in [1.807, 2.05) is 10.7 Å². The topological polar surface area (TPSA) is 45.5 Å². The molecule has 30 heavy (non-hydrogen) atoms. The van der Waals surface area contributed by atoms with Crippen molar-refractivity contribution in [3.05, 3.63) is 69.0 Å². The van der Waals surface area contributed by atoms with Crippen LogP contribution in [0, 0.1) is 6.92 Å². The summed E-state index contributed by atoms with van der Waals surface area (Å²) in [6.45, 7) is 5.40. The third-order valence-electron chi connectivity index (χ3n) is 5.78. The standard InChI is InChI=1S/C23H24BrN5S/c1-16-4-2-3-5-19(16)21-12-22(29-23(27-21)20(24)13-25-29)26-18-6-9-28(10-7-18)14-17-8-11-30-15-17/h2-5,8,11-13,15,18,26H,6-7,9-10,14H2,1H3. The molecule has 0 atom stereocenters. The Bertz CT molecular complexity index is 1150. The number of piperidine rings is 1. The third-order valence-corrected chi connectivity index (χ3v) is 7.07. The number of nitrogens with zero attached hydrogens (tertiary/aromatic N) is 4. The molecule has 1 aliphatic rings. The van der Waals surface area contributed by atoms with E-state index < -0.39 is 0 Å². The summed E-state index contributed by atoms with van der Waals surface area (Å²) >= 11 is 5.38. The molecule has 1 fully saturated rings. The quantitative estimate of drug-likeness (QED) is 0.402. The Labute approximate surface area is 188 Å². The zero-order valence-electron chi connectivity index (χ0n) is 16.9. The van der Waals surface area contributed by atoms with Crippen molar-refractivity contribution in [1.29, 1.82) is 0 Å². The smallest absolute Gasteiger partial charge is 0.172 e. The van der Waals surface area contributed by atoms with Crippen molar-refractivity contribution < 1.29 is 0 Å². The minimum absolute atomic E-state index is 0.432. The molecule has 4 heterocycles. The van der Waals surface area contributed by atoms with Gasteiger partial charge in [-0.25, -0.2) is 4.98 Å². The van der Waals surface area contributed by atoms with E-state index in [1.54, 1.807) is 11.3 Å². The molecule has 0 aliphatic carbocycles. The summed E-state index contributed by atoms with van der Waals surface area (Å²) in [4.78, 5) is 7.43. The summed E-state index contributed by atoms with van der Waals surface area (Å²) in [5, 5.41) is 12.7. The Balaban J connectivity index is 1.37. The van der Waals surface area contributed by atoms with Crippen molar-refractivity contribution in [3.8, 4) is 11.3 Å². The van der Waals surface area contributed by atoms with E-state index in [9.17, 15) is 0 Å². The molecule has 7 heteroatoms. The van der Waals surface area contributed by atoms with Gasteiger partial charge in [-0.1, -0.05) is 24.3 Å². The van der Waals surface area contributed by atoms with Crippen molar-refractivity contribution in [2.45, 2.75) is 32.4 Å². The summed E-state index contributed by atoms with van der Waals surface area (Å²) in [5.74, 6) is 1.00. The molecule has 1 N–H and O–H groups in total. The van der Waals surface area contributed by atoms with E-state index in [-0.39, 0.29) is 0 Å². The second kappa shape index (κ2) is 8.49. The van der Waals surface area contributed by atoms with Gasteiger partial charge in [0.2, 0.25) is 0 Å². The molecule has 0 amide bonds. The van der Waals surface area contributed by atoms with Gasteiger partial charge in [0.1, 0.15) is 5.82 Å². The van der Waals surface area contributed by atoms with Gasteiger partial charge in [0.25, 0.3) is 0 Å². The van der Waals surface area contributed by atoms with Gasteiger partial charge in [-0.15, -0.1) is 0 Å². The van der Waals surface area contributed by atoms with Crippen LogP contribution in [-0.4, -0.2) is 38.6 Å². The van der Waals surface area contributed by atoms with E-state index in [1.165, 1.54) is 11.1 Å². The lowest BCUT2D eigenvalue weighted by Gasteiger charge is -2.32. The SMILES string of the molecule is Cc1ccccc1-c1cc(NC2CCN(Cc3ccsc3)CC2)n2ncc(Br)c2n1. The fraction of sp³-hybridized carbons (Fsp3) is 0.304. The average Bonchev–Trinajstić information content (AvgIpc) is 3.40. The van der Waals surface area contributed by atoms with Gasteiger partial charge < -0.3 is 5.32 Å². The summed E-state index contributed by atoms with van der Waals surface area (Å²) in [6.07, 6.45) is 4.06. The minimum Gasteiger partial charge on any atom is -0.367 e. The highest BCUT2D eigenvalue weighted by Gasteiger charge is 2.21. The fourth-order valence-corrected chi connectivity index (χ4v) is 5.13. The van der Waals surface area contributed by atoms with Gasteiger partial charge in [-0.05, 0) is 63.6 Å². The van der Waals surface area contributed by atoms with E-state index in [0.717, 1.165) is 59.7 Å². The van der Waals surface area contributed by atoms with Crippen LogP contribution in [0.15, 0.2) is 57.8 Å². The van der Waals surface area contributed by atoms with E-state index in [2.05, 4.69) is 85.3 Å². The summed E-state index contributed by atoms with van der Waals surface area (Å²) in [5.41, 5.74) is 5.61. The van der Waals surface area contributed by atoms with Gasteiger partial charge >= 0.3 is 0 Å². The molecule has 3 aromatic heterocycles. The second-order valence-electron chi connectivity index (χ2n) is 7.90. The van der Waals surface area contributed by atoms with Crippen LogP contribution < -0.4 is 5.32 Å². The molecule has 5 rings (SSSR count). The Kier molecular flexibility index (Phi) is 5.58. The van der Waals surface area contributed by atoms with Crippen LogP contribution >= 0.6 is 27.3 Å². The number of hydrogen-bond donors (Lipinski definition) is 1. The molecule has 0 bridgehead atoms. The maximum Gasteiger partial charge on any atom is 0.172 e. The predicted octanol–water partition coefficient (Wildman–Crippen LogP) is 5.61. The largest absolute Gasteiger partial charge is 0.367 e. The number of likely N-dealkylation sites (tertiary alicyclic amines) is 1. The highest BCUT2D eigenvalue weighted by atomic mass is 79.9. The number of benzene rings is 1. The molecule has 0 spiro atoms. The number of fused-ring (bicyclic) bond motifs is 1. The number of aromatic nitrogens is 3. The maximum atomic E-state index is 4.88. The molecular weight excluding hydrogens is 458 g/mol. The summed E-state index contributed by atoms with van der Waals surface area (Å²) < 4.78 is 2.82. The third kappa shape index (κ3) is 4.02. The number of hydrogen-bond acceptors (Lipinski definition) is 5. The lowest BCUT2D eigenvalue weighted by atomic mass is 10.0. The first-order chi connectivity index (χ1) is 14.7. The Morgan fingerprint density at radius 2 is 2.03 bits per heavy atom. The lowest BCUT2D eigenvalue weighted by Crippen LogP contribution is -2.38. The Morgan fingerprint density at radius 1 is 1.20 bits per heavy atom. The van der Waals surface area contributed by atoms with Gasteiger partial charge in [-0.3, -0.25) is 4.90 Å². The monoisotopic (exact) mass is 481 g/mol. The number of nitrogens with one attached hydrogen (secondary N) is 1. The van der Waals surface area contributed by atoms with Crippen LogP contribution in [0.1, 0.15) is 24.0 Å². The van der Waals surface area contributed by atoms with Crippen molar-refractivity contribution in [2.24, 2.45) is 0 Å². The molecule has 154 valence electrons. The first-order valence-corrected chi connectivity index (χ1v) is 12.0. The van der Waals surface area contributed by atoms with Crippen LogP contribution in [0.25, 0.3) is 16.9 Å². The molecule has 0 unspecified atom stereocenters. The molecule has 5 nitrogen and oxygen atoms in total. The Morgan fingerprint density at radius 3 is 2.80 bits per heavy atom.